The molecule has 0 radical (unpaired) electrons. The number of hydrogen-bond acceptors (Lipinski definition) is 6. The number of ether oxygens (including phenoxy) is 2. The Morgan fingerprint density at radius 3 is 2.94 bits per heavy atom. The van der Waals surface area contributed by atoms with E-state index in [1.54, 1.807) is 4.68 Å². The minimum Gasteiger partial charge on any atom is -0.483 e. The van der Waals surface area contributed by atoms with Gasteiger partial charge in [0.15, 0.2) is 24.4 Å². The van der Waals surface area contributed by atoms with E-state index >= 15 is 0 Å². The van der Waals surface area contributed by atoms with Gasteiger partial charge in [0.25, 0.3) is 5.91 Å². The molecule has 3 heterocycles. The van der Waals surface area contributed by atoms with Gasteiger partial charge in [-0.25, -0.2) is 4.68 Å². The second-order valence-electron chi connectivity index (χ2n) is 10.1. The lowest BCUT2D eigenvalue weighted by molar-refractivity contribution is -0.125. The molecule has 5 rings (SSSR count). The van der Waals surface area contributed by atoms with Crippen LogP contribution in [0.1, 0.15) is 76.3 Å². The van der Waals surface area contributed by atoms with Crippen molar-refractivity contribution in [3.05, 3.63) is 35.5 Å². The van der Waals surface area contributed by atoms with Gasteiger partial charge < -0.3 is 20.1 Å². The fourth-order valence-electron chi connectivity index (χ4n) is 4.73. The second kappa shape index (κ2) is 8.94. The quantitative estimate of drug-likeness (QED) is 0.550. The molecule has 2 aromatic rings. The minimum atomic E-state index is -0.505. The van der Waals surface area contributed by atoms with Crippen molar-refractivity contribution >= 4 is 17.6 Å². The first-order valence-corrected chi connectivity index (χ1v) is 12.2. The SMILES string of the molecule is CCCC1CC(=O)NC(n2nc(C3CC3)cc2NC(=O)COc2cccc3c2OC(C)(C)C3)N1. The summed E-state index contributed by atoms with van der Waals surface area (Å²) in [4.78, 5) is 25.2. The first-order chi connectivity index (χ1) is 16.3. The third-order valence-electron chi connectivity index (χ3n) is 6.44. The smallest absolute Gasteiger partial charge is 0.263 e. The number of anilines is 1. The summed E-state index contributed by atoms with van der Waals surface area (Å²) in [5.41, 5.74) is 1.72. The van der Waals surface area contributed by atoms with Gasteiger partial charge in [-0.15, -0.1) is 0 Å². The zero-order valence-electron chi connectivity index (χ0n) is 20.0. The third kappa shape index (κ3) is 4.89. The Bertz CT molecular complexity index is 1090. The van der Waals surface area contributed by atoms with Gasteiger partial charge in [-0.05, 0) is 39.2 Å². The van der Waals surface area contributed by atoms with E-state index in [-0.39, 0.29) is 30.1 Å². The van der Waals surface area contributed by atoms with Crippen LogP contribution in [-0.2, 0) is 16.0 Å². The van der Waals surface area contributed by atoms with Gasteiger partial charge in [0, 0.05) is 36.4 Å². The largest absolute Gasteiger partial charge is 0.483 e. The van der Waals surface area contributed by atoms with Crippen molar-refractivity contribution in [3.8, 4) is 11.5 Å². The summed E-state index contributed by atoms with van der Waals surface area (Å²) in [7, 11) is 0. The zero-order valence-corrected chi connectivity index (χ0v) is 20.0. The average Bonchev–Trinajstić information content (AvgIpc) is 3.45. The predicted octanol–water partition coefficient (Wildman–Crippen LogP) is 3.23. The number of carbonyl (C=O) groups is 2. The molecule has 9 nitrogen and oxygen atoms in total. The number of para-hydroxylation sites is 1. The molecule has 1 aromatic carbocycles. The fraction of sp³-hybridized carbons (Fsp3) is 0.560. The molecule has 9 heteroatoms. The van der Waals surface area contributed by atoms with Crippen LogP contribution in [0.2, 0.25) is 0 Å². The van der Waals surface area contributed by atoms with E-state index in [9.17, 15) is 9.59 Å². The molecular weight excluding hydrogens is 434 g/mol. The molecule has 182 valence electrons. The van der Waals surface area contributed by atoms with Gasteiger partial charge in [0.1, 0.15) is 11.4 Å². The predicted molar refractivity (Wildman–Crippen MR) is 127 cm³/mol. The Hall–Kier alpha value is -3.07. The summed E-state index contributed by atoms with van der Waals surface area (Å²) in [6.07, 6.45) is 4.79. The number of rotatable bonds is 8. The molecule has 1 saturated heterocycles. The van der Waals surface area contributed by atoms with Crippen molar-refractivity contribution in [2.24, 2.45) is 0 Å². The van der Waals surface area contributed by atoms with Crippen LogP contribution in [0, 0.1) is 0 Å². The zero-order chi connectivity index (χ0) is 23.9. The summed E-state index contributed by atoms with van der Waals surface area (Å²) < 4.78 is 13.6. The highest BCUT2D eigenvalue weighted by Crippen LogP contribution is 2.42. The molecule has 3 N–H and O–H groups in total. The molecule has 1 aliphatic carbocycles. The molecule has 2 aliphatic heterocycles. The van der Waals surface area contributed by atoms with Crippen LogP contribution in [-0.4, -0.2) is 39.8 Å². The summed E-state index contributed by atoms with van der Waals surface area (Å²) in [5.74, 6) is 1.90. The lowest BCUT2D eigenvalue weighted by atomic mass is 10.0. The highest BCUT2D eigenvalue weighted by molar-refractivity contribution is 5.91. The van der Waals surface area contributed by atoms with E-state index in [2.05, 4.69) is 22.9 Å². The lowest BCUT2D eigenvalue weighted by Gasteiger charge is -2.32. The van der Waals surface area contributed by atoms with Crippen LogP contribution in [0.25, 0.3) is 0 Å². The van der Waals surface area contributed by atoms with E-state index in [1.807, 2.05) is 38.1 Å². The van der Waals surface area contributed by atoms with Crippen molar-refractivity contribution in [1.82, 2.24) is 20.4 Å². The van der Waals surface area contributed by atoms with E-state index in [4.69, 9.17) is 14.6 Å². The van der Waals surface area contributed by atoms with Gasteiger partial charge in [0.05, 0.1) is 5.69 Å². The summed E-state index contributed by atoms with van der Waals surface area (Å²) in [5, 5.41) is 14.1. The number of hydrogen-bond donors (Lipinski definition) is 3. The number of carbonyl (C=O) groups excluding carboxylic acids is 2. The standard InChI is InChI=1S/C25H33N5O4/c1-4-6-17-11-21(31)28-24(26-17)30-20(12-18(29-30)15-9-10-15)27-22(32)14-33-19-8-5-7-16-13-25(2,3)34-23(16)19/h5,7-8,12,15,17,24,26H,4,6,9-11,13-14H2,1-3H3,(H,27,32)(H,28,31). The van der Waals surface area contributed by atoms with Crippen molar-refractivity contribution in [2.45, 2.75) is 83.1 Å². The Morgan fingerprint density at radius 2 is 2.18 bits per heavy atom. The molecule has 0 bridgehead atoms. The second-order valence-corrected chi connectivity index (χ2v) is 10.1. The first kappa shape index (κ1) is 22.7. The molecule has 34 heavy (non-hydrogen) atoms. The van der Waals surface area contributed by atoms with Crippen LogP contribution in [0.5, 0.6) is 11.5 Å². The van der Waals surface area contributed by atoms with Gasteiger partial charge in [-0.3, -0.25) is 14.9 Å². The molecule has 1 aromatic heterocycles. The summed E-state index contributed by atoms with van der Waals surface area (Å²) in [6.45, 7) is 6.01. The number of nitrogens with one attached hydrogen (secondary N) is 3. The van der Waals surface area contributed by atoms with Crippen molar-refractivity contribution in [2.75, 3.05) is 11.9 Å². The maximum atomic E-state index is 12.8. The number of aromatic nitrogens is 2. The third-order valence-corrected chi connectivity index (χ3v) is 6.44. The molecule has 2 unspecified atom stereocenters. The lowest BCUT2D eigenvalue weighted by Crippen LogP contribution is -2.53. The first-order valence-electron chi connectivity index (χ1n) is 12.2. The molecule has 2 atom stereocenters. The number of amides is 2. The summed E-state index contributed by atoms with van der Waals surface area (Å²) in [6, 6.07) is 7.73. The van der Waals surface area contributed by atoms with E-state index in [1.165, 1.54) is 0 Å². The summed E-state index contributed by atoms with van der Waals surface area (Å²) >= 11 is 0. The highest BCUT2D eigenvalue weighted by atomic mass is 16.5. The maximum Gasteiger partial charge on any atom is 0.263 e. The van der Waals surface area contributed by atoms with Crippen LogP contribution in [0.15, 0.2) is 24.3 Å². The molecule has 2 amide bonds. The average molecular weight is 468 g/mol. The number of fused-ring (bicyclic) bond motifs is 1. The topological polar surface area (TPSA) is 107 Å². The molecule has 1 saturated carbocycles. The Labute approximate surface area is 199 Å². The van der Waals surface area contributed by atoms with E-state index in [0.717, 1.165) is 43.4 Å². The number of nitrogens with zero attached hydrogens (tertiary/aromatic N) is 2. The van der Waals surface area contributed by atoms with Gasteiger partial charge in [-0.2, -0.15) is 5.10 Å². The van der Waals surface area contributed by atoms with Crippen LogP contribution >= 0.6 is 0 Å². The van der Waals surface area contributed by atoms with Crippen molar-refractivity contribution in [1.29, 1.82) is 0 Å². The molecule has 3 aliphatic rings. The maximum absolute atomic E-state index is 12.8. The number of benzene rings is 1. The van der Waals surface area contributed by atoms with Gasteiger partial charge in [0.2, 0.25) is 5.91 Å². The van der Waals surface area contributed by atoms with Gasteiger partial charge >= 0.3 is 0 Å². The van der Waals surface area contributed by atoms with E-state index in [0.29, 0.717) is 29.7 Å². The molecule has 2 fully saturated rings. The highest BCUT2D eigenvalue weighted by Gasteiger charge is 2.34. The van der Waals surface area contributed by atoms with Gasteiger partial charge in [-0.1, -0.05) is 25.5 Å². The monoisotopic (exact) mass is 467 g/mol. The normalized spacial score (nSPS) is 23.1. The van der Waals surface area contributed by atoms with Crippen LogP contribution in [0.4, 0.5) is 5.82 Å². The van der Waals surface area contributed by atoms with Crippen molar-refractivity contribution < 1.29 is 19.1 Å². The van der Waals surface area contributed by atoms with E-state index < -0.39 is 6.29 Å². The minimum absolute atomic E-state index is 0.0212. The molecule has 0 spiro atoms. The van der Waals surface area contributed by atoms with Crippen LogP contribution < -0.4 is 25.4 Å². The Kier molecular flexibility index (Phi) is 5.97. The van der Waals surface area contributed by atoms with Crippen LogP contribution in [0.3, 0.4) is 0 Å². The Balaban J connectivity index is 1.29. The van der Waals surface area contributed by atoms with Crippen molar-refractivity contribution in [3.63, 3.8) is 0 Å². The fourth-order valence-corrected chi connectivity index (χ4v) is 4.73. The molecular formula is C25H33N5O4. The Morgan fingerprint density at radius 1 is 1.35 bits per heavy atom.